The van der Waals surface area contributed by atoms with Crippen molar-refractivity contribution in [2.75, 3.05) is 19.6 Å². The van der Waals surface area contributed by atoms with Crippen LogP contribution in [0.4, 0.5) is 0 Å². The lowest BCUT2D eigenvalue weighted by molar-refractivity contribution is 0.0684. The number of piperidine rings is 1. The van der Waals surface area contributed by atoms with Gasteiger partial charge in [0.05, 0.1) is 0 Å². The minimum absolute atomic E-state index is 0.0798. The number of rotatable bonds is 8. The van der Waals surface area contributed by atoms with Gasteiger partial charge in [0, 0.05) is 19.6 Å². The Morgan fingerprint density at radius 3 is 2.45 bits per heavy atom. The normalized spacial score (nSPS) is 14.6. The van der Waals surface area contributed by atoms with E-state index in [-0.39, 0.29) is 11.8 Å². The molecule has 5 nitrogen and oxygen atoms in total. The highest BCUT2D eigenvalue weighted by molar-refractivity contribution is 5.96. The van der Waals surface area contributed by atoms with Crippen molar-refractivity contribution in [2.24, 2.45) is 5.92 Å². The number of aromatic nitrogens is 1. The van der Waals surface area contributed by atoms with Crippen LogP contribution in [0.1, 0.15) is 65.6 Å². The van der Waals surface area contributed by atoms with E-state index in [2.05, 4.69) is 41.5 Å². The van der Waals surface area contributed by atoms with E-state index >= 15 is 0 Å². The maximum Gasteiger partial charge on any atom is 0.272 e. The molecule has 2 heterocycles. The van der Waals surface area contributed by atoms with Gasteiger partial charge in [0.15, 0.2) is 0 Å². The summed E-state index contributed by atoms with van der Waals surface area (Å²) in [5.74, 6) is 0.316. The van der Waals surface area contributed by atoms with Gasteiger partial charge in [0.1, 0.15) is 11.4 Å². The van der Waals surface area contributed by atoms with E-state index in [1.54, 1.807) is 18.2 Å². The van der Waals surface area contributed by atoms with Crippen molar-refractivity contribution in [1.82, 2.24) is 15.2 Å². The van der Waals surface area contributed by atoms with Gasteiger partial charge < -0.3 is 10.2 Å². The Morgan fingerprint density at radius 1 is 1.00 bits per heavy atom. The molecule has 0 saturated carbocycles. The summed E-state index contributed by atoms with van der Waals surface area (Å²) >= 11 is 0. The fourth-order valence-electron chi connectivity index (χ4n) is 3.80. The number of carbonyl (C=O) groups is 2. The van der Waals surface area contributed by atoms with Crippen LogP contribution in [0.3, 0.4) is 0 Å². The molecule has 1 aliphatic heterocycles. The molecule has 2 aromatic rings. The zero-order valence-electron chi connectivity index (χ0n) is 17.3. The number of hydrogen-bond acceptors (Lipinski definition) is 3. The summed E-state index contributed by atoms with van der Waals surface area (Å²) in [5, 5.41) is 2.88. The maximum absolute atomic E-state index is 12.9. The number of nitrogens with one attached hydrogen (secondary N) is 1. The van der Waals surface area contributed by atoms with Gasteiger partial charge in [-0.3, -0.25) is 9.59 Å². The first-order valence-electron chi connectivity index (χ1n) is 10.8. The van der Waals surface area contributed by atoms with Crippen molar-refractivity contribution in [1.29, 1.82) is 0 Å². The summed E-state index contributed by atoms with van der Waals surface area (Å²) in [6.07, 6.45) is 6.22. The third-order valence-corrected chi connectivity index (χ3v) is 5.54. The third kappa shape index (κ3) is 6.14. The van der Waals surface area contributed by atoms with Gasteiger partial charge in [-0.25, -0.2) is 4.98 Å². The lowest BCUT2D eigenvalue weighted by Crippen LogP contribution is -2.39. The van der Waals surface area contributed by atoms with Gasteiger partial charge in [0.2, 0.25) is 0 Å². The summed E-state index contributed by atoms with van der Waals surface area (Å²) in [7, 11) is 0. The van der Waals surface area contributed by atoms with E-state index in [0.29, 0.717) is 23.9 Å². The molecule has 0 unspecified atom stereocenters. The van der Waals surface area contributed by atoms with Crippen molar-refractivity contribution >= 4 is 11.8 Å². The quantitative estimate of drug-likeness (QED) is 0.687. The second-order valence-corrected chi connectivity index (χ2v) is 7.80. The molecule has 154 valence electrons. The predicted molar refractivity (Wildman–Crippen MR) is 115 cm³/mol. The smallest absolute Gasteiger partial charge is 0.272 e. The van der Waals surface area contributed by atoms with Crippen LogP contribution in [-0.2, 0) is 6.42 Å². The fraction of sp³-hybridized carbons (Fsp3) is 0.458. The van der Waals surface area contributed by atoms with Crippen molar-refractivity contribution in [2.45, 2.75) is 45.4 Å². The Hall–Kier alpha value is -2.69. The van der Waals surface area contributed by atoms with E-state index in [0.717, 1.165) is 51.6 Å². The van der Waals surface area contributed by atoms with Crippen LogP contribution in [-0.4, -0.2) is 41.3 Å². The zero-order chi connectivity index (χ0) is 20.5. The summed E-state index contributed by atoms with van der Waals surface area (Å²) in [6.45, 7) is 4.25. The van der Waals surface area contributed by atoms with Gasteiger partial charge in [-0.15, -0.1) is 0 Å². The van der Waals surface area contributed by atoms with E-state index in [9.17, 15) is 9.59 Å². The maximum atomic E-state index is 12.9. The van der Waals surface area contributed by atoms with E-state index in [4.69, 9.17) is 0 Å². The largest absolute Gasteiger partial charge is 0.351 e. The molecule has 1 N–H and O–H groups in total. The number of likely N-dealkylation sites (tertiary alicyclic amines) is 1. The molecule has 1 aromatic heterocycles. The number of unbranched alkanes of at least 4 members (excludes halogenated alkanes) is 2. The van der Waals surface area contributed by atoms with Gasteiger partial charge in [-0.05, 0) is 49.3 Å². The summed E-state index contributed by atoms with van der Waals surface area (Å²) < 4.78 is 0. The lowest BCUT2D eigenvalue weighted by Gasteiger charge is -2.32. The van der Waals surface area contributed by atoms with Gasteiger partial charge >= 0.3 is 0 Å². The molecule has 29 heavy (non-hydrogen) atoms. The second kappa shape index (κ2) is 10.7. The standard InChI is InChI=1S/C24H31N3O2/c1-2-3-7-15-25-23(28)21-11-8-12-22(26-21)24(29)27-16-13-20(14-17-27)18-19-9-5-4-6-10-19/h4-6,8-12,20H,2-3,7,13-18H2,1H3,(H,25,28). The van der Waals surface area contributed by atoms with Crippen LogP contribution in [0.25, 0.3) is 0 Å². The summed E-state index contributed by atoms with van der Waals surface area (Å²) in [4.78, 5) is 31.3. The number of amides is 2. The monoisotopic (exact) mass is 393 g/mol. The van der Waals surface area contributed by atoms with Crippen LogP contribution in [0.15, 0.2) is 48.5 Å². The minimum Gasteiger partial charge on any atom is -0.351 e. The first-order valence-corrected chi connectivity index (χ1v) is 10.8. The zero-order valence-corrected chi connectivity index (χ0v) is 17.3. The highest BCUT2D eigenvalue weighted by Gasteiger charge is 2.25. The average Bonchev–Trinajstić information content (AvgIpc) is 2.77. The molecule has 0 atom stereocenters. The predicted octanol–water partition coefficient (Wildman–Crippen LogP) is 4.10. The molecule has 0 bridgehead atoms. The number of hydrogen-bond donors (Lipinski definition) is 1. The third-order valence-electron chi connectivity index (χ3n) is 5.54. The molecule has 3 rings (SSSR count). The summed E-state index contributed by atoms with van der Waals surface area (Å²) in [5.41, 5.74) is 2.02. The van der Waals surface area contributed by atoms with Crippen LogP contribution in [0.5, 0.6) is 0 Å². The van der Waals surface area contributed by atoms with Crippen molar-refractivity contribution < 1.29 is 9.59 Å². The second-order valence-electron chi connectivity index (χ2n) is 7.80. The molecular formula is C24H31N3O2. The van der Waals surface area contributed by atoms with Crippen LogP contribution >= 0.6 is 0 Å². The summed E-state index contributed by atoms with van der Waals surface area (Å²) in [6, 6.07) is 15.6. The Kier molecular flexibility index (Phi) is 7.79. The first kappa shape index (κ1) is 21.0. The molecule has 0 radical (unpaired) electrons. The SMILES string of the molecule is CCCCCNC(=O)c1cccc(C(=O)N2CCC(Cc3ccccc3)CC2)n1. The molecule has 1 aromatic carbocycles. The fourth-order valence-corrected chi connectivity index (χ4v) is 3.80. The Bertz CT molecular complexity index is 799. The molecule has 1 fully saturated rings. The van der Waals surface area contributed by atoms with Crippen LogP contribution in [0, 0.1) is 5.92 Å². The van der Waals surface area contributed by atoms with Gasteiger partial charge in [-0.1, -0.05) is 56.2 Å². The van der Waals surface area contributed by atoms with E-state index in [1.807, 2.05) is 11.0 Å². The van der Waals surface area contributed by atoms with Crippen molar-refractivity contribution in [3.8, 4) is 0 Å². The molecule has 1 saturated heterocycles. The Labute approximate surface area is 173 Å². The van der Waals surface area contributed by atoms with Crippen molar-refractivity contribution in [3.63, 3.8) is 0 Å². The van der Waals surface area contributed by atoms with Crippen LogP contribution < -0.4 is 5.32 Å². The Morgan fingerprint density at radius 2 is 1.72 bits per heavy atom. The van der Waals surface area contributed by atoms with E-state index < -0.39 is 0 Å². The number of pyridine rings is 1. The van der Waals surface area contributed by atoms with Crippen LogP contribution in [0.2, 0.25) is 0 Å². The Balaban J connectivity index is 1.52. The van der Waals surface area contributed by atoms with Crippen molar-refractivity contribution in [3.05, 3.63) is 65.5 Å². The molecular weight excluding hydrogens is 362 g/mol. The minimum atomic E-state index is -0.211. The highest BCUT2D eigenvalue weighted by Crippen LogP contribution is 2.22. The number of nitrogens with zero attached hydrogens (tertiary/aromatic N) is 2. The topological polar surface area (TPSA) is 62.3 Å². The number of carbonyl (C=O) groups excluding carboxylic acids is 2. The number of benzene rings is 1. The highest BCUT2D eigenvalue weighted by atomic mass is 16.2. The van der Waals surface area contributed by atoms with E-state index in [1.165, 1.54) is 5.56 Å². The van der Waals surface area contributed by atoms with Gasteiger partial charge in [0.25, 0.3) is 11.8 Å². The lowest BCUT2D eigenvalue weighted by atomic mass is 9.90. The molecule has 0 aliphatic carbocycles. The molecule has 1 aliphatic rings. The first-order chi connectivity index (χ1) is 14.2. The van der Waals surface area contributed by atoms with Gasteiger partial charge in [-0.2, -0.15) is 0 Å². The molecule has 2 amide bonds. The average molecular weight is 394 g/mol. The molecule has 0 spiro atoms. The molecule has 5 heteroatoms.